The molecule has 0 bridgehead atoms. The molecular formula is C21H26F3N7O2. The second-order valence-corrected chi connectivity index (χ2v) is 8.44. The van der Waals surface area contributed by atoms with E-state index in [4.69, 9.17) is 15.5 Å². The molecule has 2 aromatic heterocycles. The molecule has 3 aliphatic heterocycles. The summed E-state index contributed by atoms with van der Waals surface area (Å²) in [6.45, 7) is 2.63. The van der Waals surface area contributed by atoms with Gasteiger partial charge in [0.1, 0.15) is 12.0 Å². The third-order valence-corrected chi connectivity index (χ3v) is 6.26. The van der Waals surface area contributed by atoms with Gasteiger partial charge in [-0.05, 0) is 12.5 Å². The van der Waals surface area contributed by atoms with E-state index in [1.807, 2.05) is 0 Å². The lowest BCUT2D eigenvalue weighted by Crippen LogP contribution is -2.61. The van der Waals surface area contributed by atoms with Crippen molar-refractivity contribution in [3.8, 4) is 17.0 Å². The summed E-state index contributed by atoms with van der Waals surface area (Å²) in [7, 11) is 0. The number of nitrogens with zero attached hydrogens (tertiary/aromatic N) is 6. The number of alkyl halides is 3. The summed E-state index contributed by atoms with van der Waals surface area (Å²) in [6.07, 6.45) is 0.944. The molecule has 5 rings (SSSR count). The van der Waals surface area contributed by atoms with Gasteiger partial charge < -0.3 is 25.0 Å². The third kappa shape index (κ3) is 4.76. The van der Waals surface area contributed by atoms with Crippen LogP contribution in [0.25, 0.3) is 11.3 Å². The Hall–Kier alpha value is -2.86. The van der Waals surface area contributed by atoms with Crippen molar-refractivity contribution in [3.05, 3.63) is 18.3 Å². The van der Waals surface area contributed by atoms with Gasteiger partial charge in [0.05, 0.1) is 25.5 Å². The number of hydrogen-bond donors (Lipinski definition) is 1. The Bertz CT molecular complexity index is 986. The molecule has 0 spiro atoms. The normalized spacial score (nSPS) is 22.1. The Balaban J connectivity index is 1.43. The number of nitrogen functional groups attached to an aromatic ring is 1. The van der Waals surface area contributed by atoms with Gasteiger partial charge in [0.2, 0.25) is 5.95 Å². The third-order valence-electron chi connectivity index (χ3n) is 6.26. The number of pyridine rings is 1. The fourth-order valence-electron chi connectivity index (χ4n) is 4.37. The number of morpholine rings is 1. The highest BCUT2D eigenvalue weighted by atomic mass is 19.3. The lowest BCUT2D eigenvalue weighted by Gasteiger charge is -2.47. The largest absolute Gasteiger partial charge is 0.431 e. The quantitative estimate of drug-likeness (QED) is 0.685. The van der Waals surface area contributed by atoms with E-state index in [2.05, 4.69) is 24.5 Å². The Kier molecular flexibility index (Phi) is 6.11. The van der Waals surface area contributed by atoms with Gasteiger partial charge in [0.25, 0.3) is 0 Å². The molecule has 2 N–H and O–H groups in total. The topological polar surface area (TPSA) is 92.9 Å². The Morgan fingerprint density at radius 3 is 2.55 bits per heavy atom. The minimum atomic E-state index is -3.02. The van der Waals surface area contributed by atoms with Crippen molar-refractivity contribution in [2.75, 3.05) is 68.0 Å². The highest BCUT2D eigenvalue weighted by Gasteiger charge is 2.34. The first-order chi connectivity index (χ1) is 16.0. The van der Waals surface area contributed by atoms with E-state index >= 15 is 0 Å². The fourth-order valence-corrected chi connectivity index (χ4v) is 4.37. The van der Waals surface area contributed by atoms with Crippen LogP contribution in [-0.4, -0.2) is 91.2 Å². The molecule has 2 aromatic rings. The number of halogens is 3. The Morgan fingerprint density at radius 2 is 1.85 bits per heavy atom. The molecule has 9 nitrogen and oxygen atoms in total. The van der Waals surface area contributed by atoms with E-state index in [1.54, 1.807) is 11.0 Å². The Labute approximate surface area is 189 Å². The highest BCUT2D eigenvalue weighted by Crippen LogP contribution is 2.32. The number of aromatic nitrogens is 3. The Morgan fingerprint density at radius 1 is 1.06 bits per heavy atom. The average molecular weight is 465 g/mol. The van der Waals surface area contributed by atoms with Crippen molar-refractivity contribution in [2.45, 2.75) is 25.2 Å². The van der Waals surface area contributed by atoms with Crippen molar-refractivity contribution in [3.63, 3.8) is 0 Å². The van der Waals surface area contributed by atoms with Gasteiger partial charge in [-0.1, -0.05) is 0 Å². The zero-order valence-corrected chi connectivity index (χ0v) is 18.0. The molecule has 0 aromatic carbocycles. The summed E-state index contributed by atoms with van der Waals surface area (Å²) < 4.78 is 49.3. The average Bonchev–Trinajstić information content (AvgIpc) is 3.21. The van der Waals surface area contributed by atoms with E-state index < -0.39 is 12.8 Å². The van der Waals surface area contributed by atoms with Crippen molar-refractivity contribution in [1.29, 1.82) is 0 Å². The maximum Gasteiger partial charge on any atom is 0.387 e. The van der Waals surface area contributed by atoms with Crippen molar-refractivity contribution in [1.82, 2.24) is 19.9 Å². The second kappa shape index (κ2) is 9.18. The second-order valence-electron chi connectivity index (χ2n) is 8.44. The summed E-state index contributed by atoms with van der Waals surface area (Å²) in [4.78, 5) is 19.6. The van der Waals surface area contributed by atoms with Crippen LogP contribution < -0.4 is 20.3 Å². The maximum absolute atomic E-state index is 13.9. The zero-order valence-electron chi connectivity index (χ0n) is 18.0. The van der Waals surface area contributed by atoms with E-state index in [1.165, 1.54) is 12.3 Å². The monoisotopic (exact) mass is 465 g/mol. The lowest BCUT2D eigenvalue weighted by molar-refractivity contribution is -0.0494. The predicted molar refractivity (Wildman–Crippen MR) is 116 cm³/mol. The number of nitrogens with two attached hydrogens (primary N) is 1. The molecular weight excluding hydrogens is 439 g/mol. The van der Waals surface area contributed by atoms with Gasteiger partial charge in [-0.15, -0.1) is 0 Å². The van der Waals surface area contributed by atoms with Crippen LogP contribution in [0.15, 0.2) is 18.3 Å². The molecule has 3 aliphatic rings. The first-order valence-electron chi connectivity index (χ1n) is 11.0. The van der Waals surface area contributed by atoms with Gasteiger partial charge in [0.15, 0.2) is 11.6 Å². The molecule has 0 aliphatic carbocycles. The molecule has 1 atom stereocenters. The maximum atomic E-state index is 13.9. The highest BCUT2D eigenvalue weighted by molar-refractivity contribution is 5.68. The molecule has 178 valence electrons. The first-order valence-corrected chi connectivity index (χ1v) is 11.0. The van der Waals surface area contributed by atoms with Crippen LogP contribution in [0.2, 0.25) is 0 Å². The zero-order chi connectivity index (χ0) is 22.9. The molecule has 0 saturated carbocycles. The van der Waals surface area contributed by atoms with Crippen molar-refractivity contribution in [2.24, 2.45) is 0 Å². The van der Waals surface area contributed by atoms with E-state index in [9.17, 15) is 13.2 Å². The molecule has 0 radical (unpaired) electrons. The van der Waals surface area contributed by atoms with Gasteiger partial charge >= 0.3 is 6.61 Å². The summed E-state index contributed by atoms with van der Waals surface area (Å²) in [5.74, 6) is 0.760. The summed E-state index contributed by atoms with van der Waals surface area (Å²) in [6, 6.07) is 3.60. The molecule has 0 unspecified atom stereocenters. The standard InChI is InChI=1S/C21H26F3N7O2/c22-14-1-2-30(10-14)21-27-16(13-7-17(33-20(23)24)19(25)26-9-13)8-18(28-21)31-11-15(12-31)29-3-5-32-6-4-29/h7-9,14-15,20H,1-6,10-12H2,(H2,25,26)/t14-/m0/s1. The molecule has 33 heavy (non-hydrogen) atoms. The summed E-state index contributed by atoms with van der Waals surface area (Å²) in [5.41, 5.74) is 6.63. The molecule has 0 amide bonds. The summed E-state index contributed by atoms with van der Waals surface area (Å²) in [5, 5.41) is 0. The number of hydrogen-bond acceptors (Lipinski definition) is 9. The van der Waals surface area contributed by atoms with Crippen LogP contribution in [0.4, 0.5) is 30.8 Å². The fraction of sp³-hybridized carbons (Fsp3) is 0.571. The lowest BCUT2D eigenvalue weighted by atomic mass is 10.1. The summed E-state index contributed by atoms with van der Waals surface area (Å²) >= 11 is 0. The smallest absolute Gasteiger partial charge is 0.387 e. The predicted octanol–water partition coefficient (Wildman–Crippen LogP) is 1.79. The van der Waals surface area contributed by atoms with Gasteiger partial charge in [-0.3, -0.25) is 4.90 Å². The van der Waals surface area contributed by atoms with Gasteiger partial charge in [-0.25, -0.2) is 14.4 Å². The SMILES string of the molecule is Nc1ncc(-c2cc(N3CC(N4CCOCC4)C3)nc(N3CC[C@H](F)C3)n2)cc1OC(F)F. The number of anilines is 3. The first kappa shape index (κ1) is 22.0. The number of rotatable bonds is 6. The van der Waals surface area contributed by atoms with Crippen molar-refractivity contribution >= 4 is 17.6 Å². The van der Waals surface area contributed by atoms with Gasteiger partial charge in [0, 0.05) is 56.6 Å². The van der Waals surface area contributed by atoms with Crippen LogP contribution in [0.3, 0.4) is 0 Å². The van der Waals surface area contributed by atoms with E-state index in [-0.39, 0.29) is 18.1 Å². The van der Waals surface area contributed by atoms with Crippen molar-refractivity contribution < 1.29 is 22.6 Å². The van der Waals surface area contributed by atoms with E-state index in [0.29, 0.717) is 42.0 Å². The van der Waals surface area contributed by atoms with Crippen LogP contribution >= 0.6 is 0 Å². The van der Waals surface area contributed by atoms with Gasteiger partial charge in [-0.2, -0.15) is 13.8 Å². The molecule has 12 heteroatoms. The van der Waals surface area contributed by atoms with Crippen LogP contribution in [0.1, 0.15) is 6.42 Å². The van der Waals surface area contributed by atoms with E-state index in [0.717, 1.165) is 39.4 Å². The van der Waals surface area contributed by atoms with Crippen LogP contribution in [-0.2, 0) is 4.74 Å². The molecule has 3 saturated heterocycles. The molecule has 5 heterocycles. The van der Waals surface area contributed by atoms with Crippen LogP contribution in [0.5, 0.6) is 5.75 Å². The molecule has 3 fully saturated rings. The number of ether oxygens (including phenoxy) is 2. The van der Waals surface area contributed by atoms with Crippen LogP contribution in [0, 0.1) is 0 Å². The minimum Gasteiger partial charge on any atom is -0.431 e. The minimum absolute atomic E-state index is 0.135.